The first-order chi connectivity index (χ1) is 9.13. The van der Waals surface area contributed by atoms with E-state index in [1.54, 1.807) is 0 Å². The average Bonchev–Trinajstić information content (AvgIpc) is 2.42. The van der Waals surface area contributed by atoms with Crippen LogP contribution in [0.3, 0.4) is 0 Å². The van der Waals surface area contributed by atoms with Crippen molar-refractivity contribution in [3.05, 3.63) is 22.8 Å². The number of halogens is 1. The summed E-state index contributed by atoms with van der Waals surface area (Å²) >= 11 is 6.22. The van der Waals surface area contributed by atoms with Crippen molar-refractivity contribution in [1.82, 2.24) is 10.3 Å². The highest BCUT2D eigenvalue weighted by Crippen LogP contribution is 2.21. The monoisotopic (exact) mass is 283 g/mol. The van der Waals surface area contributed by atoms with Crippen molar-refractivity contribution in [2.24, 2.45) is 0 Å². The van der Waals surface area contributed by atoms with E-state index in [9.17, 15) is 0 Å². The molecule has 0 fully saturated rings. The third-order valence-corrected chi connectivity index (χ3v) is 3.73. The average molecular weight is 284 g/mol. The molecular weight excluding hydrogens is 258 g/mol. The third-order valence-electron chi connectivity index (χ3n) is 3.38. The molecule has 1 rings (SSSR count). The Morgan fingerprint density at radius 3 is 2.63 bits per heavy atom. The molecule has 4 heteroatoms. The van der Waals surface area contributed by atoms with Crippen LogP contribution >= 0.6 is 11.6 Å². The fourth-order valence-corrected chi connectivity index (χ4v) is 2.23. The molecule has 19 heavy (non-hydrogen) atoms. The SMILES string of the molecule is CCCNCc1nc(N(CC)C(C)CC)ccc1Cl. The molecule has 3 nitrogen and oxygen atoms in total. The number of hydrogen-bond donors (Lipinski definition) is 1. The molecular formula is C15H26ClN3. The van der Waals surface area contributed by atoms with E-state index in [2.05, 4.69) is 37.9 Å². The summed E-state index contributed by atoms with van der Waals surface area (Å²) in [6.07, 6.45) is 2.23. The van der Waals surface area contributed by atoms with Gasteiger partial charge < -0.3 is 10.2 Å². The van der Waals surface area contributed by atoms with Crippen molar-refractivity contribution in [3.8, 4) is 0 Å². The molecule has 1 heterocycles. The Morgan fingerprint density at radius 1 is 1.32 bits per heavy atom. The summed E-state index contributed by atoms with van der Waals surface area (Å²) in [5.41, 5.74) is 0.939. The van der Waals surface area contributed by atoms with E-state index in [4.69, 9.17) is 16.6 Å². The Morgan fingerprint density at radius 2 is 2.05 bits per heavy atom. The first kappa shape index (κ1) is 16.3. The lowest BCUT2D eigenvalue weighted by molar-refractivity contribution is 0.617. The summed E-state index contributed by atoms with van der Waals surface area (Å²) in [6.45, 7) is 11.4. The van der Waals surface area contributed by atoms with Crippen molar-refractivity contribution in [2.45, 2.75) is 53.1 Å². The lowest BCUT2D eigenvalue weighted by atomic mass is 10.2. The van der Waals surface area contributed by atoms with Crippen molar-refractivity contribution in [1.29, 1.82) is 0 Å². The fourth-order valence-electron chi connectivity index (χ4n) is 2.06. The summed E-state index contributed by atoms with van der Waals surface area (Å²) in [6, 6.07) is 4.47. The van der Waals surface area contributed by atoms with Crippen molar-refractivity contribution in [3.63, 3.8) is 0 Å². The number of aromatic nitrogens is 1. The molecule has 1 aromatic heterocycles. The molecule has 0 aliphatic heterocycles. The van der Waals surface area contributed by atoms with Gasteiger partial charge in [-0.3, -0.25) is 0 Å². The Labute approximate surface area is 122 Å². The van der Waals surface area contributed by atoms with Gasteiger partial charge in [0.05, 0.1) is 10.7 Å². The van der Waals surface area contributed by atoms with Crippen LogP contribution in [0.4, 0.5) is 5.82 Å². The van der Waals surface area contributed by atoms with Crippen LogP contribution in [0.5, 0.6) is 0 Å². The smallest absolute Gasteiger partial charge is 0.129 e. The van der Waals surface area contributed by atoms with Gasteiger partial charge >= 0.3 is 0 Å². The maximum absolute atomic E-state index is 6.22. The van der Waals surface area contributed by atoms with Gasteiger partial charge in [0.1, 0.15) is 5.82 Å². The van der Waals surface area contributed by atoms with Crippen LogP contribution in [0.15, 0.2) is 12.1 Å². The van der Waals surface area contributed by atoms with E-state index in [1.807, 2.05) is 12.1 Å². The van der Waals surface area contributed by atoms with Crippen LogP contribution in [-0.2, 0) is 6.54 Å². The summed E-state index contributed by atoms with van der Waals surface area (Å²) in [4.78, 5) is 7.03. The van der Waals surface area contributed by atoms with E-state index in [0.29, 0.717) is 6.04 Å². The lowest BCUT2D eigenvalue weighted by Gasteiger charge is -2.28. The highest BCUT2D eigenvalue weighted by molar-refractivity contribution is 6.31. The quantitative estimate of drug-likeness (QED) is 0.734. The molecule has 0 aromatic carbocycles. The number of anilines is 1. The Kier molecular flexibility index (Phi) is 7.17. The van der Waals surface area contributed by atoms with Gasteiger partial charge in [0.25, 0.3) is 0 Å². The van der Waals surface area contributed by atoms with Crippen LogP contribution in [0.25, 0.3) is 0 Å². The summed E-state index contributed by atoms with van der Waals surface area (Å²) < 4.78 is 0. The fraction of sp³-hybridized carbons (Fsp3) is 0.667. The predicted molar refractivity (Wildman–Crippen MR) is 84.0 cm³/mol. The zero-order chi connectivity index (χ0) is 14.3. The van der Waals surface area contributed by atoms with Gasteiger partial charge in [0.15, 0.2) is 0 Å². The molecule has 0 saturated carbocycles. The minimum absolute atomic E-state index is 0.495. The number of hydrogen-bond acceptors (Lipinski definition) is 3. The van der Waals surface area contributed by atoms with Crippen LogP contribution in [0.1, 0.15) is 46.2 Å². The van der Waals surface area contributed by atoms with Gasteiger partial charge in [0, 0.05) is 19.1 Å². The number of rotatable bonds is 8. The van der Waals surface area contributed by atoms with E-state index in [0.717, 1.165) is 49.0 Å². The molecule has 0 bridgehead atoms. The molecule has 0 amide bonds. The molecule has 0 aliphatic carbocycles. The zero-order valence-electron chi connectivity index (χ0n) is 12.5. The number of pyridine rings is 1. The normalized spacial score (nSPS) is 12.5. The largest absolute Gasteiger partial charge is 0.354 e. The Balaban J connectivity index is 2.87. The second-order valence-corrected chi connectivity index (χ2v) is 5.23. The summed E-state index contributed by atoms with van der Waals surface area (Å²) in [5, 5.41) is 4.10. The zero-order valence-corrected chi connectivity index (χ0v) is 13.3. The molecule has 0 aliphatic rings. The lowest BCUT2D eigenvalue weighted by Crippen LogP contribution is -2.33. The van der Waals surface area contributed by atoms with Crippen LogP contribution in [0.2, 0.25) is 5.02 Å². The van der Waals surface area contributed by atoms with E-state index in [-0.39, 0.29) is 0 Å². The third kappa shape index (κ3) is 4.66. The highest BCUT2D eigenvalue weighted by atomic mass is 35.5. The first-order valence-electron chi connectivity index (χ1n) is 7.26. The number of nitrogens with zero attached hydrogens (tertiary/aromatic N) is 2. The molecule has 0 spiro atoms. The Hall–Kier alpha value is -0.800. The van der Waals surface area contributed by atoms with Gasteiger partial charge in [0.2, 0.25) is 0 Å². The topological polar surface area (TPSA) is 28.2 Å². The molecule has 1 aromatic rings. The summed E-state index contributed by atoms with van der Waals surface area (Å²) in [7, 11) is 0. The molecule has 1 atom stereocenters. The molecule has 108 valence electrons. The molecule has 0 saturated heterocycles. The second-order valence-electron chi connectivity index (χ2n) is 4.82. The second kappa shape index (κ2) is 8.39. The van der Waals surface area contributed by atoms with E-state index >= 15 is 0 Å². The van der Waals surface area contributed by atoms with E-state index < -0.39 is 0 Å². The Bertz CT molecular complexity index is 382. The van der Waals surface area contributed by atoms with Crippen LogP contribution in [-0.4, -0.2) is 24.1 Å². The van der Waals surface area contributed by atoms with Crippen molar-refractivity contribution >= 4 is 17.4 Å². The van der Waals surface area contributed by atoms with Crippen LogP contribution < -0.4 is 10.2 Å². The predicted octanol–water partition coefficient (Wildman–Crippen LogP) is 3.86. The van der Waals surface area contributed by atoms with Crippen LogP contribution in [0, 0.1) is 0 Å². The van der Waals surface area contributed by atoms with Crippen molar-refractivity contribution in [2.75, 3.05) is 18.0 Å². The molecule has 1 N–H and O–H groups in total. The molecule has 1 unspecified atom stereocenters. The van der Waals surface area contributed by atoms with Gasteiger partial charge in [-0.25, -0.2) is 4.98 Å². The first-order valence-corrected chi connectivity index (χ1v) is 7.64. The standard InChI is InChI=1S/C15H26ClN3/c1-5-10-17-11-14-13(16)8-9-15(18-14)19(7-3)12(4)6-2/h8-9,12,17H,5-7,10-11H2,1-4H3. The minimum atomic E-state index is 0.495. The van der Waals surface area contributed by atoms with Gasteiger partial charge in [-0.05, 0) is 45.4 Å². The van der Waals surface area contributed by atoms with E-state index in [1.165, 1.54) is 0 Å². The number of nitrogens with one attached hydrogen (secondary N) is 1. The van der Waals surface area contributed by atoms with Gasteiger partial charge in [-0.15, -0.1) is 0 Å². The minimum Gasteiger partial charge on any atom is -0.354 e. The van der Waals surface area contributed by atoms with Gasteiger partial charge in [-0.2, -0.15) is 0 Å². The maximum atomic E-state index is 6.22. The highest BCUT2D eigenvalue weighted by Gasteiger charge is 2.13. The maximum Gasteiger partial charge on any atom is 0.129 e. The van der Waals surface area contributed by atoms with Gasteiger partial charge in [-0.1, -0.05) is 25.4 Å². The molecule has 0 radical (unpaired) electrons. The summed E-state index contributed by atoms with van der Waals surface area (Å²) in [5.74, 6) is 1.02. The van der Waals surface area contributed by atoms with Crippen molar-refractivity contribution < 1.29 is 0 Å².